The second-order valence-corrected chi connectivity index (χ2v) is 8.44. The van der Waals surface area contributed by atoms with E-state index in [2.05, 4.69) is 61.6 Å². The first-order valence-corrected chi connectivity index (χ1v) is 10.5. The minimum atomic E-state index is 0.653. The van der Waals surface area contributed by atoms with Crippen molar-refractivity contribution in [3.05, 3.63) is 53.7 Å². The van der Waals surface area contributed by atoms with Crippen LogP contribution in [-0.2, 0) is 0 Å². The fraction of sp³-hybridized carbons (Fsp3) is 0.440. The van der Waals surface area contributed by atoms with E-state index < -0.39 is 0 Å². The summed E-state index contributed by atoms with van der Waals surface area (Å²) in [5.41, 5.74) is 8.22. The van der Waals surface area contributed by atoms with Gasteiger partial charge < -0.3 is 14.2 Å². The third-order valence-corrected chi connectivity index (χ3v) is 6.28. The van der Waals surface area contributed by atoms with Crippen LogP contribution >= 0.6 is 0 Å². The maximum absolute atomic E-state index is 5.90. The first-order chi connectivity index (χ1) is 13.9. The van der Waals surface area contributed by atoms with Crippen LogP contribution in [0.1, 0.15) is 41.6 Å². The zero-order valence-corrected chi connectivity index (χ0v) is 18.2. The monoisotopic (exact) mass is 389 g/mol. The van der Waals surface area contributed by atoms with Crippen LogP contribution in [0.5, 0.6) is 5.75 Å². The van der Waals surface area contributed by atoms with Crippen LogP contribution in [0, 0.1) is 40.5 Å². The zero-order chi connectivity index (χ0) is 20.7. The van der Waals surface area contributed by atoms with Gasteiger partial charge in [-0.1, -0.05) is 0 Å². The number of benzene rings is 1. The molecule has 3 aromatic rings. The average molecular weight is 390 g/mol. The first-order valence-electron chi connectivity index (χ1n) is 10.5. The Labute approximate surface area is 174 Å². The number of rotatable bonds is 4. The van der Waals surface area contributed by atoms with Crippen molar-refractivity contribution in [1.29, 1.82) is 0 Å². The van der Waals surface area contributed by atoms with Gasteiger partial charge in [0.15, 0.2) is 0 Å². The number of anilines is 1. The van der Waals surface area contributed by atoms with E-state index in [1.54, 1.807) is 7.11 Å². The molecular weight excluding hydrogens is 358 g/mol. The minimum absolute atomic E-state index is 0.653. The molecule has 0 unspecified atom stereocenters. The molecule has 0 aliphatic carbocycles. The molecule has 0 atom stereocenters. The van der Waals surface area contributed by atoms with Crippen molar-refractivity contribution in [1.82, 2.24) is 9.55 Å². The third kappa shape index (κ3) is 3.50. The molecule has 2 aromatic heterocycles. The molecule has 4 nitrogen and oxygen atoms in total. The van der Waals surface area contributed by atoms with Gasteiger partial charge in [-0.2, -0.15) is 0 Å². The Kier molecular flexibility index (Phi) is 5.28. The van der Waals surface area contributed by atoms with E-state index in [1.165, 1.54) is 33.5 Å². The molecule has 1 aromatic carbocycles. The highest BCUT2D eigenvalue weighted by molar-refractivity contribution is 5.95. The van der Waals surface area contributed by atoms with Crippen LogP contribution in [0.25, 0.3) is 16.7 Å². The van der Waals surface area contributed by atoms with E-state index in [0.717, 1.165) is 49.4 Å². The fourth-order valence-corrected chi connectivity index (χ4v) is 4.76. The maximum Gasteiger partial charge on any atom is 0.147 e. The number of ether oxygens (including phenoxy) is 1. The highest BCUT2D eigenvalue weighted by atomic mass is 16.5. The normalized spacial score (nSPS) is 15.3. The second-order valence-electron chi connectivity index (χ2n) is 8.44. The van der Waals surface area contributed by atoms with E-state index in [4.69, 9.17) is 16.6 Å². The van der Waals surface area contributed by atoms with Crippen LogP contribution < -0.4 is 9.64 Å². The van der Waals surface area contributed by atoms with Gasteiger partial charge in [0.05, 0.1) is 12.8 Å². The molecule has 1 aliphatic rings. The second kappa shape index (κ2) is 7.74. The molecule has 0 spiro atoms. The molecule has 0 amide bonds. The Hall–Kier alpha value is -2.49. The van der Waals surface area contributed by atoms with Gasteiger partial charge in [0, 0.05) is 36.1 Å². The molecule has 1 fully saturated rings. The summed E-state index contributed by atoms with van der Waals surface area (Å²) in [6.45, 7) is 16.6. The number of aromatic nitrogens is 2. The molecule has 4 rings (SSSR count). The van der Waals surface area contributed by atoms with Crippen LogP contribution in [-0.4, -0.2) is 29.8 Å². The van der Waals surface area contributed by atoms with Crippen molar-refractivity contribution in [2.24, 2.45) is 5.92 Å². The number of piperidine rings is 1. The number of hydrogen-bond donors (Lipinski definition) is 0. The summed E-state index contributed by atoms with van der Waals surface area (Å²) >= 11 is 0. The number of aryl methyl sites for hydroxylation is 4. The summed E-state index contributed by atoms with van der Waals surface area (Å²) in [5.74, 6) is 1.55. The summed E-state index contributed by atoms with van der Waals surface area (Å²) in [6, 6.07) is 6.44. The van der Waals surface area contributed by atoms with Gasteiger partial charge in [0.25, 0.3) is 0 Å². The van der Waals surface area contributed by atoms with Gasteiger partial charge in [-0.05, 0) is 94.7 Å². The van der Waals surface area contributed by atoms with Crippen molar-refractivity contribution in [3.8, 4) is 11.4 Å². The lowest BCUT2D eigenvalue weighted by Gasteiger charge is -2.34. The van der Waals surface area contributed by atoms with Crippen molar-refractivity contribution < 1.29 is 4.74 Å². The minimum Gasteiger partial charge on any atom is -0.497 e. The summed E-state index contributed by atoms with van der Waals surface area (Å²) in [5, 5.41) is 1.26. The topological polar surface area (TPSA) is 30.3 Å². The number of methoxy groups -OCH3 is 1. The molecule has 4 heteroatoms. The highest BCUT2D eigenvalue weighted by Crippen LogP contribution is 2.36. The summed E-state index contributed by atoms with van der Waals surface area (Å²) in [6.07, 6.45) is 5.35. The summed E-state index contributed by atoms with van der Waals surface area (Å²) < 4.78 is 7.72. The molecule has 3 heterocycles. The molecule has 0 bridgehead atoms. The Morgan fingerprint density at radius 1 is 1.03 bits per heavy atom. The largest absolute Gasteiger partial charge is 0.497 e. The van der Waals surface area contributed by atoms with Crippen LogP contribution in [0.2, 0.25) is 0 Å². The van der Waals surface area contributed by atoms with Crippen LogP contribution in [0.15, 0.2) is 24.4 Å². The number of nitrogens with zero attached hydrogens (tertiary/aromatic N) is 3. The van der Waals surface area contributed by atoms with Crippen molar-refractivity contribution in [2.75, 3.05) is 25.1 Å². The molecular formula is C25H31N3O. The van der Waals surface area contributed by atoms with E-state index >= 15 is 0 Å². The molecule has 1 aliphatic heterocycles. The lowest BCUT2D eigenvalue weighted by Crippen LogP contribution is -2.33. The zero-order valence-electron chi connectivity index (χ0n) is 18.2. The Morgan fingerprint density at radius 2 is 1.69 bits per heavy atom. The van der Waals surface area contributed by atoms with Crippen LogP contribution in [0.3, 0.4) is 0 Å². The standard InChI is InChI=1S/C25H31N3O/c1-7-20-8-10-27(11-9-20)22-14-19(5)26-25-23(22)18(4)15-28(25)24-16(2)12-21(29-6)13-17(24)3/h1,12-15,20H,7-11H2,2-6H3. The first kappa shape index (κ1) is 19.8. The Morgan fingerprint density at radius 3 is 2.28 bits per heavy atom. The average Bonchev–Trinajstić information content (AvgIpc) is 3.02. The lowest BCUT2D eigenvalue weighted by atomic mass is 9.94. The quantitative estimate of drug-likeness (QED) is 0.583. The van der Waals surface area contributed by atoms with Gasteiger partial charge in [-0.25, -0.2) is 4.98 Å². The van der Waals surface area contributed by atoms with Gasteiger partial charge in [0.1, 0.15) is 11.4 Å². The molecule has 0 N–H and O–H groups in total. The number of fused-ring (bicyclic) bond motifs is 1. The van der Waals surface area contributed by atoms with E-state index in [0.29, 0.717) is 5.92 Å². The van der Waals surface area contributed by atoms with Gasteiger partial charge >= 0.3 is 0 Å². The Balaban J connectivity index is 1.87. The predicted octanol–water partition coefficient (Wildman–Crippen LogP) is 5.59. The van der Waals surface area contributed by atoms with Gasteiger partial charge in [0.2, 0.25) is 0 Å². The predicted molar refractivity (Wildman–Crippen MR) is 120 cm³/mol. The lowest BCUT2D eigenvalue weighted by molar-refractivity contribution is 0.409. The fourth-order valence-electron chi connectivity index (χ4n) is 4.76. The molecule has 29 heavy (non-hydrogen) atoms. The smallest absolute Gasteiger partial charge is 0.147 e. The van der Waals surface area contributed by atoms with E-state index in [-0.39, 0.29) is 0 Å². The summed E-state index contributed by atoms with van der Waals surface area (Å²) in [4.78, 5) is 7.49. The van der Waals surface area contributed by atoms with Crippen LogP contribution in [0.4, 0.5) is 5.69 Å². The van der Waals surface area contributed by atoms with E-state index in [1.807, 2.05) is 0 Å². The SMILES string of the molecule is [CH]CC1CCN(c2cc(C)nc3c2c(C)cn3-c2c(C)cc(OC)cc2C)CC1. The molecule has 0 saturated carbocycles. The van der Waals surface area contributed by atoms with Crippen molar-refractivity contribution >= 4 is 16.7 Å². The number of pyridine rings is 1. The van der Waals surface area contributed by atoms with Crippen molar-refractivity contribution in [3.63, 3.8) is 0 Å². The van der Waals surface area contributed by atoms with Crippen molar-refractivity contribution in [2.45, 2.75) is 47.0 Å². The molecule has 2 radical (unpaired) electrons. The van der Waals surface area contributed by atoms with Gasteiger partial charge in [-0.3, -0.25) is 0 Å². The number of hydrogen-bond acceptors (Lipinski definition) is 3. The van der Waals surface area contributed by atoms with Gasteiger partial charge in [-0.15, -0.1) is 0 Å². The highest BCUT2D eigenvalue weighted by Gasteiger charge is 2.23. The molecule has 152 valence electrons. The summed E-state index contributed by atoms with van der Waals surface area (Å²) in [7, 11) is 1.72. The third-order valence-electron chi connectivity index (χ3n) is 6.28. The maximum atomic E-state index is 5.90. The van der Waals surface area contributed by atoms with E-state index in [9.17, 15) is 0 Å². The molecule has 1 saturated heterocycles. The Bertz CT molecular complexity index is 1020.